The van der Waals surface area contributed by atoms with Gasteiger partial charge in [0.25, 0.3) is 5.91 Å². The van der Waals surface area contributed by atoms with Crippen LogP contribution in [0, 0.1) is 5.92 Å². The van der Waals surface area contributed by atoms with Gasteiger partial charge in [0.05, 0.1) is 12.5 Å². The largest absolute Gasteiger partial charge is 0.299 e. The Hall–Kier alpha value is -2.03. The maximum atomic E-state index is 12.1. The number of amides is 1. The number of nitrogens with zero attached hydrogens (tertiary/aromatic N) is 1. The molecule has 1 saturated heterocycles. The van der Waals surface area contributed by atoms with E-state index in [9.17, 15) is 4.79 Å². The molecule has 3 rings (SSSR count). The van der Waals surface area contributed by atoms with Crippen LogP contribution in [-0.2, 0) is 11.3 Å². The summed E-state index contributed by atoms with van der Waals surface area (Å²) in [6.07, 6.45) is 6.83. The van der Waals surface area contributed by atoms with Gasteiger partial charge in [0.15, 0.2) is 0 Å². The number of rotatable bonds is 2. The molecular weight excluding hydrogens is 212 g/mol. The molecule has 3 heteroatoms. The van der Waals surface area contributed by atoms with Gasteiger partial charge < -0.3 is 0 Å². The molecule has 1 fully saturated rings. The maximum Gasteiger partial charge on any atom is 0.250 e. The summed E-state index contributed by atoms with van der Waals surface area (Å²) in [7, 11) is 0. The average Bonchev–Trinajstić information content (AvgIpc) is 2.68. The number of benzene rings is 1. The van der Waals surface area contributed by atoms with Crippen molar-refractivity contribution in [2.45, 2.75) is 13.0 Å². The minimum absolute atomic E-state index is 0.00344. The Kier molecular flexibility index (Phi) is 2.44. The van der Waals surface area contributed by atoms with Gasteiger partial charge in [-0.15, -0.1) is 0 Å². The second-order valence-corrected chi connectivity index (χ2v) is 4.36. The van der Waals surface area contributed by atoms with Crippen molar-refractivity contribution in [2.75, 3.05) is 0 Å². The van der Waals surface area contributed by atoms with Crippen LogP contribution in [0.1, 0.15) is 12.0 Å². The lowest BCUT2D eigenvalue weighted by atomic mass is 9.98. The van der Waals surface area contributed by atoms with Gasteiger partial charge >= 0.3 is 0 Å². The minimum atomic E-state index is 0.00344. The molecule has 1 aromatic rings. The molecule has 1 amide bonds. The van der Waals surface area contributed by atoms with Gasteiger partial charge in [-0.25, -0.2) is 0 Å². The number of carbonyl (C=O) groups excluding carboxylic acids is 1. The van der Waals surface area contributed by atoms with Crippen molar-refractivity contribution < 1.29 is 4.79 Å². The van der Waals surface area contributed by atoms with E-state index in [4.69, 9.17) is 0 Å². The molecule has 1 aromatic carbocycles. The normalized spacial score (nSPS) is 22.1. The van der Waals surface area contributed by atoms with Crippen molar-refractivity contribution in [1.82, 2.24) is 10.4 Å². The second kappa shape index (κ2) is 4.09. The molecule has 1 atom stereocenters. The summed E-state index contributed by atoms with van der Waals surface area (Å²) in [5.74, 6) is 0.174. The average molecular weight is 226 g/mol. The molecule has 1 aliphatic carbocycles. The Bertz CT molecular complexity index is 490. The highest BCUT2D eigenvalue weighted by atomic mass is 16.2. The van der Waals surface area contributed by atoms with Crippen LogP contribution in [0.4, 0.5) is 0 Å². The van der Waals surface area contributed by atoms with E-state index in [1.165, 1.54) is 0 Å². The van der Waals surface area contributed by atoms with E-state index in [1.54, 1.807) is 5.01 Å². The molecule has 0 radical (unpaired) electrons. The van der Waals surface area contributed by atoms with Crippen LogP contribution < -0.4 is 5.43 Å². The zero-order chi connectivity index (χ0) is 11.7. The number of allylic oxidation sites excluding steroid dienone is 3. The first-order valence-electron chi connectivity index (χ1n) is 5.83. The van der Waals surface area contributed by atoms with Gasteiger partial charge in [-0.3, -0.25) is 15.2 Å². The zero-order valence-electron chi connectivity index (χ0n) is 9.47. The first-order valence-corrected chi connectivity index (χ1v) is 5.83. The van der Waals surface area contributed by atoms with E-state index < -0.39 is 0 Å². The third-order valence-electron chi connectivity index (χ3n) is 3.17. The summed E-state index contributed by atoms with van der Waals surface area (Å²) in [6, 6.07) is 10.0. The summed E-state index contributed by atoms with van der Waals surface area (Å²) < 4.78 is 0. The van der Waals surface area contributed by atoms with Gasteiger partial charge in [0.1, 0.15) is 0 Å². The van der Waals surface area contributed by atoms with Crippen LogP contribution in [0.3, 0.4) is 0 Å². The van der Waals surface area contributed by atoms with Crippen LogP contribution in [0.5, 0.6) is 0 Å². The van der Waals surface area contributed by atoms with E-state index >= 15 is 0 Å². The smallest absolute Gasteiger partial charge is 0.250 e. The molecule has 86 valence electrons. The van der Waals surface area contributed by atoms with E-state index in [0.29, 0.717) is 6.54 Å². The fraction of sp³-hybridized carbons (Fsp3) is 0.214. The van der Waals surface area contributed by atoms with Crippen molar-refractivity contribution in [1.29, 1.82) is 0 Å². The molecule has 1 heterocycles. The first kappa shape index (κ1) is 10.1. The van der Waals surface area contributed by atoms with Gasteiger partial charge in [0, 0.05) is 5.70 Å². The van der Waals surface area contributed by atoms with Crippen molar-refractivity contribution in [2.24, 2.45) is 5.92 Å². The van der Waals surface area contributed by atoms with Crippen LogP contribution >= 0.6 is 0 Å². The molecule has 1 N–H and O–H groups in total. The zero-order valence-corrected chi connectivity index (χ0v) is 9.47. The third kappa shape index (κ3) is 1.84. The van der Waals surface area contributed by atoms with Crippen molar-refractivity contribution in [3.63, 3.8) is 0 Å². The quantitative estimate of drug-likeness (QED) is 0.836. The SMILES string of the molecule is O=C1C2CC=CC=C2NN1Cc1ccccc1. The molecule has 2 aliphatic rings. The summed E-state index contributed by atoms with van der Waals surface area (Å²) >= 11 is 0. The van der Waals surface area contributed by atoms with Crippen molar-refractivity contribution in [3.8, 4) is 0 Å². The number of hydrogen-bond acceptors (Lipinski definition) is 2. The summed E-state index contributed by atoms with van der Waals surface area (Å²) in [5.41, 5.74) is 5.35. The molecule has 3 nitrogen and oxygen atoms in total. The second-order valence-electron chi connectivity index (χ2n) is 4.36. The highest BCUT2D eigenvalue weighted by molar-refractivity contribution is 5.84. The number of nitrogens with one attached hydrogen (secondary N) is 1. The fourth-order valence-electron chi connectivity index (χ4n) is 2.26. The molecule has 0 saturated carbocycles. The first-order chi connectivity index (χ1) is 8.34. The van der Waals surface area contributed by atoms with Gasteiger partial charge in [-0.2, -0.15) is 0 Å². The van der Waals surface area contributed by atoms with Crippen LogP contribution in [0.15, 0.2) is 54.3 Å². The number of fused-ring (bicyclic) bond motifs is 1. The fourth-order valence-corrected chi connectivity index (χ4v) is 2.26. The third-order valence-corrected chi connectivity index (χ3v) is 3.17. The topological polar surface area (TPSA) is 32.3 Å². The van der Waals surface area contributed by atoms with Gasteiger partial charge in [-0.1, -0.05) is 42.5 Å². The lowest BCUT2D eigenvalue weighted by Crippen LogP contribution is -2.33. The minimum Gasteiger partial charge on any atom is -0.299 e. The van der Waals surface area contributed by atoms with E-state index in [-0.39, 0.29) is 11.8 Å². The summed E-state index contributed by atoms with van der Waals surface area (Å²) in [6.45, 7) is 0.619. The Labute approximate surface area is 100 Å². The lowest BCUT2D eigenvalue weighted by Gasteiger charge is -2.16. The monoisotopic (exact) mass is 226 g/mol. The predicted molar refractivity (Wildman–Crippen MR) is 65.5 cm³/mol. The Morgan fingerprint density at radius 3 is 2.88 bits per heavy atom. The summed E-state index contributed by atoms with van der Waals surface area (Å²) in [4.78, 5) is 12.1. The molecule has 1 unspecified atom stereocenters. The standard InChI is InChI=1S/C14H14N2O/c17-14-12-8-4-5-9-13(12)15-16(14)10-11-6-2-1-3-7-11/h1-7,9,12,15H,8,10H2. The molecule has 1 aliphatic heterocycles. The van der Waals surface area contributed by atoms with Gasteiger partial charge in [0.2, 0.25) is 0 Å². The van der Waals surface area contributed by atoms with Crippen molar-refractivity contribution >= 4 is 5.91 Å². The van der Waals surface area contributed by atoms with E-state index in [0.717, 1.165) is 17.7 Å². The molecule has 0 spiro atoms. The lowest BCUT2D eigenvalue weighted by molar-refractivity contribution is -0.133. The van der Waals surface area contributed by atoms with Crippen molar-refractivity contribution in [3.05, 3.63) is 59.8 Å². The Morgan fingerprint density at radius 2 is 2.12 bits per heavy atom. The number of hydrogen-bond donors (Lipinski definition) is 1. The van der Waals surface area contributed by atoms with Crippen LogP contribution in [0.2, 0.25) is 0 Å². The highest BCUT2D eigenvalue weighted by Crippen LogP contribution is 2.27. The maximum absolute atomic E-state index is 12.1. The molecule has 17 heavy (non-hydrogen) atoms. The molecule has 0 aromatic heterocycles. The predicted octanol–water partition coefficient (Wildman–Crippen LogP) is 1.99. The summed E-state index contributed by atoms with van der Waals surface area (Å²) in [5, 5.41) is 1.71. The highest BCUT2D eigenvalue weighted by Gasteiger charge is 2.35. The molecular formula is C14H14N2O. The van der Waals surface area contributed by atoms with E-state index in [1.807, 2.05) is 48.6 Å². The molecule has 0 bridgehead atoms. The Balaban J connectivity index is 1.77. The number of hydrazine groups is 1. The van der Waals surface area contributed by atoms with E-state index in [2.05, 4.69) is 5.43 Å². The number of carbonyl (C=O) groups is 1. The Morgan fingerprint density at radius 1 is 1.29 bits per heavy atom. The van der Waals surface area contributed by atoms with Gasteiger partial charge in [-0.05, 0) is 18.1 Å². The van der Waals surface area contributed by atoms with Crippen LogP contribution in [0.25, 0.3) is 0 Å². The van der Waals surface area contributed by atoms with Crippen LogP contribution in [-0.4, -0.2) is 10.9 Å².